The number of primary amides is 1. The van der Waals surface area contributed by atoms with Gasteiger partial charge in [-0.2, -0.15) is 0 Å². The number of hydrogen-bond acceptors (Lipinski definition) is 15. The van der Waals surface area contributed by atoms with Crippen LogP contribution in [0.15, 0.2) is 65.6 Å². The molecule has 24 heteroatoms. The van der Waals surface area contributed by atoms with Crippen molar-refractivity contribution in [3.63, 3.8) is 0 Å². The molecule has 10 N–H and O–H groups in total. The Morgan fingerprint density at radius 2 is 1.19 bits per heavy atom. The largest absolute Gasteiger partial charge is 0.480 e. The molecule has 2 aromatic rings. The van der Waals surface area contributed by atoms with Gasteiger partial charge in [-0.25, -0.2) is 22.8 Å². The van der Waals surface area contributed by atoms with E-state index >= 15 is 0 Å². The number of carbonyl (C=O) groups is 9. The molecule has 0 fully saturated rings. The lowest BCUT2D eigenvalue weighted by molar-refractivity contribution is -0.145. The minimum atomic E-state index is -3.78. The van der Waals surface area contributed by atoms with Gasteiger partial charge in [0.2, 0.25) is 29.5 Å². The average molecular weight is 1010 g/mol. The van der Waals surface area contributed by atoms with E-state index in [1.807, 2.05) is 18.2 Å². The predicted octanol–water partition coefficient (Wildman–Crippen LogP) is 1.10. The number of carboxylic acid groups (broad SMARTS) is 1. The summed E-state index contributed by atoms with van der Waals surface area (Å²) in [7, 11) is -3.78. The van der Waals surface area contributed by atoms with E-state index < -0.39 is 144 Å². The highest BCUT2D eigenvalue weighted by Crippen LogP contribution is 2.13. The fraction of sp³-hybridized carbons (Fsp3) is 0.543. The molecule has 0 aliphatic rings. The van der Waals surface area contributed by atoms with Gasteiger partial charge in [-0.05, 0) is 82.9 Å². The molecule has 0 aliphatic carbocycles. The SMILES string of the molecule is CC(C)C[C@H](NC(=O)[C@H](CCCCNC(=O)OCc1ccccc1)NC(=O)OC(C)(C)C)C(=O)N[C@@H](CO)C(=O)N[C@@H](CCC(N)=O)C(=O)N[C@@H](CCC(=O)OCCS(=O)(=O)c1ccccc1)C(=O)O. The van der Waals surface area contributed by atoms with Crippen molar-refractivity contribution in [2.45, 2.75) is 133 Å². The summed E-state index contributed by atoms with van der Waals surface area (Å²) in [6, 6.07) is 8.70. The van der Waals surface area contributed by atoms with Crippen molar-refractivity contribution < 1.29 is 76.0 Å². The zero-order valence-corrected chi connectivity index (χ0v) is 40.8. The molecule has 0 unspecified atom stereocenters. The number of aliphatic carboxylic acids is 1. The standard InChI is InChI=1S/C46H67N7O16S/c1-29(2)26-35(51-39(57)32(53-45(64)69-46(3,4)5)18-12-13-23-48-44(63)68-28-30-14-8-6-9-15-30)41(59)52-36(27-54)42(60)49-33(19-21-37(47)55)40(58)50-34(43(61)62)20-22-38(56)67-24-25-70(65,66)31-16-10-7-11-17-31/h6-11,14-17,29,32-36,54H,12-13,18-28H2,1-5H3,(H2,47,55)(H,48,63)(H,49,60)(H,50,58)(H,51,57)(H,52,59)(H,53,64)(H,61,62)/t32-,33-,34-,35-,36-/m0/s1. The first-order valence-electron chi connectivity index (χ1n) is 22.6. The van der Waals surface area contributed by atoms with Gasteiger partial charge < -0.3 is 62.1 Å². The van der Waals surface area contributed by atoms with E-state index in [4.69, 9.17) is 19.9 Å². The molecule has 0 spiro atoms. The summed E-state index contributed by atoms with van der Waals surface area (Å²) < 4.78 is 40.5. The maximum atomic E-state index is 13.8. The Morgan fingerprint density at radius 3 is 1.76 bits per heavy atom. The molecule has 23 nitrogen and oxygen atoms in total. The lowest BCUT2D eigenvalue weighted by Gasteiger charge is -2.27. The molecular weight excluding hydrogens is 939 g/mol. The molecule has 0 saturated heterocycles. The third-order valence-corrected chi connectivity index (χ3v) is 11.5. The Kier molecular flexibility index (Phi) is 25.4. The molecule has 0 bridgehead atoms. The van der Waals surface area contributed by atoms with Crippen LogP contribution in [0.4, 0.5) is 9.59 Å². The summed E-state index contributed by atoms with van der Waals surface area (Å²) in [6.45, 7) is 7.02. The first-order chi connectivity index (χ1) is 32.9. The van der Waals surface area contributed by atoms with Crippen molar-refractivity contribution in [1.29, 1.82) is 0 Å². The molecule has 0 heterocycles. The van der Waals surface area contributed by atoms with Crippen LogP contribution in [0, 0.1) is 5.92 Å². The fourth-order valence-corrected chi connectivity index (χ4v) is 7.41. The number of ether oxygens (including phenoxy) is 3. The van der Waals surface area contributed by atoms with Crippen LogP contribution in [0.25, 0.3) is 0 Å². The molecule has 0 radical (unpaired) electrons. The number of nitrogens with two attached hydrogens (primary N) is 1. The number of hydrogen-bond donors (Lipinski definition) is 9. The number of rotatable bonds is 30. The summed E-state index contributed by atoms with van der Waals surface area (Å²) in [5, 5.41) is 34.5. The van der Waals surface area contributed by atoms with E-state index in [9.17, 15) is 61.8 Å². The second-order valence-corrected chi connectivity index (χ2v) is 19.6. The number of amides is 7. The van der Waals surface area contributed by atoms with Gasteiger partial charge in [0.25, 0.3) is 0 Å². The minimum Gasteiger partial charge on any atom is -0.480 e. The molecule has 0 saturated carbocycles. The summed E-state index contributed by atoms with van der Waals surface area (Å²) in [6.07, 6.45) is -2.92. The van der Waals surface area contributed by atoms with Crippen LogP contribution in [0.3, 0.4) is 0 Å². The van der Waals surface area contributed by atoms with Crippen LogP contribution in [0.2, 0.25) is 0 Å². The number of unbranched alkanes of at least 4 members (excludes halogenated alkanes) is 1. The number of carbonyl (C=O) groups excluding carboxylic acids is 8. The Bertz CT molecular complexity index is 2170. The third kappa shape index (κ3) is 24.0. The average Bonchev–Trinajstić information content (AvgIpc) is 3.28. The van der Waals surface area contributed by atoms with Gasteiger partial charge >= 0.3 is 24.1 Å². The normalized spacial score (nSPS) is 13.5. The molecule has 0 aliphatic heterocycles. The van der Waals surface area contributed by atoms with E-state index in [2.05, 4.69) is 31.9 Å². The molecular formula is C46H67N7O16S. The Morgan fingerprint density at radius 1 is 0.657 bits per heavy atom. The highest BCUT2D eigenvalue weighted by atomic mass is 32.2. The van der Waals surface area contributed by atoms with E-state index in [1.165, 1.54) is 24.3 Å². The maximum Gasteiger partial charge on any atom is 0.408 e. The monoisotopic (exact) mass is 1010 g/mol. The Labute approximate surface area is 407 Å². The van der Waals surface area contributed by atoms with Crippen LogP contribution < -0.4 is 37.6 Å². The number of sulfone groups is 1. The molecule has 2 rings (SSSR count). The number of nitrogens with one attached hydrogen (secondary N) is 6. The van der Waals surface area contributed by atoms with Crippen molar-refractivity contribution in [2.75, 3.05) is 25.5 Å². The van der Waals surface area contributed by atoms with Crippen LogP contribution in [-0.2, 0) is 64.2 Å². The van der Waals surface area contributed by atoms with Crippen LogP contribution in [-0.4, -0.2) is 134 Å². The van der Waals surface area contributed by atoms with E-state index in [-0.39, 0.29) is 36.8 Å². The van der Waals surface area contributed by atoms with E-state index in [0.717, 1.165) is 5.56 Å². The van der Waals surface area contributed by atoms with Crippen molar-refractivity contribution in [3.8, 4) is 0 Å². The summed E-state index contributed by atoms with van der Waals surface area (Å²) >= 11 is 0. The molecule has 0 aromatic heterocycles. The topological polar surface area (TPSA) is 354 Å². The van der Waals surface area contributed by atoms with Gasteiger partial charge in [0, 0.05) is 19.4 Å². The van der Waals surface area contributed by atoms with Crippen molar-refractivity contribution in [2.24, 2.45) is 11.7 Å². The Hall–Kier alpha value is -6.82. The third-order valence-electron chi connectivity index (χ3n) is 9.85. The molecule has 388 valence electrons. The second-order valence-electron chi connectivity index (χ2n) is 17.5. The lowest BCUT2D eigenvalue weighted by atomic mass is 10.0. The van der Waals surface area contributed by atoms with E-state index in [1.54, 1.807) is 52.8 Å². The minimum absolute atomic E-state index is 0.00601. The first kappa shape index (κ1) is 59.3. The van der Waals surface area contributed by atoms with Gasteiger partial charge in [-0.3, -0.25) is 28.8 Å². The first-order valence-corrected chi connectivity index (χ1v) is 24.3. The van der Waals surface area contributed by atoms with Crippen molar-refractivity contribution >= 4 is 63.5 Å². The zero-order valence-electron chi connectivity index (χ0n) is 40.0. The number of aliphatic hydroxyl groups is 1. The van der Waals surface area contributed by atoms with Crippen molar-refractivity contribution in [3.05, 3.63) is 66.2 Å². The predicted molar refractivity (Wildman–Crippen MR) is 251 cm³/mol. The van der Waals surface area contributed by atoms with Gasteiger partial charge in [-0.1, -0.05) is 62.4 Å². The van der Waals surface area contributed by atoms with Crippen molar-refractivity contribution in [1.82, 2.24) is 31.9 Å². The molecule has 5 atom stereocenters. The molecule has 2 aromatic carbocycles. The van der Waals surface area contributed by atoms with Crippen LogP contribution in [0.5, 0.6) is 0 Å². The summed E-state index contributed by atoms with van der Waals surface area (Å²) in [5.41, 5.74) is 5.14. The summed E-state index contributed by atoms with van der Waals surface area (Å²) in [5.74, 6) is -8.27. The number of carboxylic acids is 1. The highest BCUT2D eigenvalue weighted by Gasteiger charge is 2.33. The van der Waals surface area contributed by atoms with E-state index in [0.29, 0.717) is 12.8 Å². The molecule has 70 heavy (non-hydrogen) atoms. The smallest absolute Gasteiger partial charge is 0.408 e. The highest BCUT2D eigenvalue weighted by molar-refractivity contribution is 7.91. The number of esters is 1. The lowest BCUT2D eigenvalue weighted by Crippen LogP contribution is -2.60. The van der Waals surface area contributed by atoms with Gasteiger partial charge in [0.05, 0.1) is 17.3 Å². The number of aliphatic hydroxyl groups excluding tert-OH is 1. The van der Waals surface area contributed by atoms with Gasteiger partial charge in [0.15, 0.2) is 9.84 Å². The maximum absolute atomic E-state index is 13.8. The summed E-state index contributed by atoms with van der Waals surface area (Å²) in [4.78, 5) is 116. The molecule has 7 amide bonds. The fourth-order valence-electron chi connectivity index (χ4n) is 6.30. The van der Waals surface area contributed by atoms with Gasteiger partial charge in [0.1, 0.15) is 49.0 Å². The zero-order chi connectivity index (χ0) is 52.4. The number of benzene rings is 2. The Balaban J connectivity index is 2.10. The van der Waals surface area contributed by atoms with Crippen LogP contribution >= 0.6 is 0 Å². The quantitative estimate of drug-likeness (QED) is 0.0301. The van der Waals surface area contributed by atoms with Gasteiger partial charge in [-0.15, -0.1) is 0 Å². The second kappa shape index (κ2) is 29.9. The number of alkyl carbamates (subject to hydrolysis) is 2. The van der Waals surface area contributed by atoms with Crippen LogP contribution in [0.1, 0.15) is 91.5 Å².